The normalized spacial score (nSPS) is 33.6. The number of allylic oxidation sites excluding steroid dienone is 2. The van der Waals surface area contributed by atoms with Crippen LogP contribution in [-0.2, 0) is 28.6 Å². The topological polar surface area (TPSA) is 140 Å². The van der Waals surface area contributed by atoms with Crippen molar-refractivity contribution in [1.82, 2.24) is 0 Å². The van der Waals surface area contributed by atoms with Crippen molar-refractivity contribution in [2.24, 2.45) is 0 Å². The number of hydrogen-bond donors (Lipinski definition) is 3. The zero-order valence-electron chi connectivity index (χ0n) is 18.9. The van der Waals surface area contributed by atoms with Gasteiger partial charge in [-0.2, -0.15) is 0 Å². The van der Waals surface area contributed by atoms with E-state index >= 15 is 0 Å². The molecule has 0 unspecified atom stereocenters. The molecular formula is C23H31ClO9. The van der Waals surface area contributed by atoms with E-state index in [1.165, 1.54) is 13.0 Å². The standard InChI is InChI=1S/C23H31ClO9/c1-12(8-21(28)29)7-18(27)23-20-10-15(32-23)9-17(26)16(24)6-4-5-13(2)19(31-14(3)25)11-22(30)33-20/h5-7,15,17-20,23,26-27H,4,8-11H2,1-3H3,(H,28,29)/b12-7+,13-5-,16-6-/t15-,17+,18+,19-,20-,23-/m0/s1. The molecule has 1 fully saturated rings. The van der Waals surface area contributed by atoms with Crippen LogP contribution in [0.3, 0.4) is 0 Å². The number of aliphatic hydroxyl groups excluding tert-OH is 2. The monoisotopic (exact) mass is 486 g/mol. The molecule has 1 saturated heterocycles. The van der Waals surface area contributed by atoms with Gasteiger partial charge in [-0.25, -0.2) is 0 Å². The van der Waals surface area contributed by atoms with E-state index in [1.807, 2.05) is 0 Å². The van der Waals surface area contributed by atoms with Crippen LogP contribution in [0.2, 0.25) is 0 Å². The van der Waals surface area contributed by atoms with E-state index in [0.29, 0.717) is 17.6 Å². The quantitative estimate of drug-likeness (QED) is 0.394. The van der Waals surface area contributed by atoms with E-state index in [1.54, 1.807) is 26.0 Å². The molecule has 0 amide bonds. The first-order valence-electron chi connectivity index (χ1n) is 10.8. The summed E-state index contributed by atoms with van der Waals surface area (Å²) in [6.45, 7) is 4.51. The van der Waals surface area contributed by atoms with Crippen LogP contribution in [0, 0.1) is 0 Å². The highest BCUT2D eigenvalue weighted by Gasteiger charge is 2.42. The molecule has 2 heterocycles. The third kappa shape index (κ3) is 8.58. The molecule has 33 heavy (non-hydrogen) atoms. The number of fused-ring (bicyclic) bond motifs is 2. The molecule has 0 radical (unpaired) electrons. The molecule has 10 heteroatoms. The highest BCUT2D eigenvalue weighted by Crippen LogP contribution is 2.32. The molecule has 2 rings (SSSR count). The van der Waals surface area contributed by atoms with Gasteiger partial charge in [-0.05, 0) is 25.8 Å². The maximum atomic E-state index is 12.7. The predicted octanol–water partition coefficient (Wildman–Crippen LogP) is 2.38. The van der Waals surface area contributed by atoms with E-state index in [4.69, 9.17) is 30.9 Å². The van der Waals surface area contributed by atoms with Crippen LogP contribution in [-0.4, -0.2) is 69.9 Å². The molecule has 0 aromatic rings. The van der Waals surface area contributed by atoms with Crippen molar-refractivity contribution < 1.29 is 43.9 Å². The largest absolute Gasteiger partial charge is 0.481 e. The van der Waals surface area contributed by atoms with Crippen molar-refractivity contribution in [2.75, 3.05) is 0 Å². The van der Waals surface area contributed by atoms with Gasteiger partial charge in [0.05, 0.1) is 25.0 Å². The number of aliphatic hydroxyl groups is 2. The van der Waals surface area contributed by atoms with Crippen molar-refractivity contribution in [3.8, 4) is 0 Å². The van der Waals surface area contributed by atoms with E-state index in [0.717, 1.165) is 0 Å². The number of carbonyl (C=O) groups excluding carboxylic acids is 2. The molecule has 3 N–H and O–H groups in total. The van der Waals surface area contributed by atoms with Crippen molar-refractivity contribution in [3.63, 3.8) is 0 Å². The van der Waals surface area contributed by atoms with Gasteiger partial charge in [0.1, 0.15) is 24.4 Å². The summed E-state index contributed by atoms with van der Waals surface area (Å²) in [5.74, 6) is -2.24. The Hall–Kier alpha value is -2.20. The van der Waals surface area contributed by atoms with E-state index in [-0.39, 0.29) is 30.7 Å². The summed E-state index contributed by atoms with van der Waals surface area (Å²) >= 11 is 6.22. The lowest BCUT2D eigenvalue weighted by Gasteiger charge is -2.24. The van der Waals surface area contributed by atoms with Crippen LogP contribution >= 0.6 is 11.6 Å². The number of carbonyl (C=O) groups is 3. The first-order chi connectivity index (χ1) is 15.5. The van der Waals surface area contributed by atoms with E-state index < -0.39 is 54.5 Å². The number of carboxylic acid groups (broad SMARTS) is 1. The van der Waals surface area contributed by atoms with Crippen molar-refractivity contribution >= 4 is 29.5 Å². The Bertz CT molecular complexity index is 832. The zero-order chi connectivity index (χ0) is 24.7. The second kappa shape index (κ2) is 12.3. The smallest absolute Gasteiger partial charge is 0.310 e. The number of ether oxygens (including phenoxy) is 3. The van der Waals surface area contributed by atoms with Gasteiger partial charge in [0.15, 0.2) is 0 Å². The molecule has 2 aliphatic rings. The summed E-state index contributed by atoms with van der Waals surface area (Å²) in [5.41, 5.74) is 1.04. The summed E-state index contributed by atoms with van der Waals surface area (Å²) in [6.07, 6.45) is -0.540. The van der Waals surface area contributed by atoms with Gasteiger partial charge in [-0.3, -0.25) is 14.4 Å². The molecule has 0 aromatic carbocycles. The Morgan fingerprint density at radius 3 is 2.64 bits per heavy atom. The minimum Gasteiger partial charge on any atom is -0.481 e. The van der Waals surface area contributed by atoms with Crippen molar-refractivity contribution in [3.05, 3.63) is 34.4 Å². The lowest BCUT2D eigenvalue weighted by atomic mass is 10.0. The molecule has 0 spiro atoms. The second-order valence-corrected chi connectivity index (χ2v) is 8.82. The fourth-order valence-corrected chi connectivity index (χ4v) is 4.04. The van der Waals surface area contributed by atoms with Gasteiger partial charge < -0.3 is 29.5 Å². The van der Waals surface area contributed by atoms with Gasteiger partial charge in [-0.15, -0.1) is 0 Å². The Morgan fingerprint density at radius 2 is 2.00 bits per heavy atom. The van der Waals surface area contributed by atoms with Crippen LogP contribution in [0.4, 0.5) is 0 Å². The van der Waals surface area contributed by atoms with E-state index in [9.17, 15) is 24.6 Å². The maximum Gasteiger partial charge on any atom is 0.310 e. The fourth-order valence-electron chi connectivity index (χ4n) is 3.86. The Morgan fingerprint density at radius 1 is 1.30 bits per heavy atom. The molecule has 0 aromatic heterocycles. The molecule has 2 bridgehead atoms. The summed E-state index contributed by atoms with van der Waals surface area (Å²) in [7, 11) is 0. The number of carboxylic acids is 1. The van der Waals surface area contributed by atoms with E-state index in [2.05, 4.69) is 0 Å². The minimum absolute atomic E-state index is 0.128. The molecule has 2 aliphatic heterocycles. The summed E-state index contributed by atoms with van der Waals surface area (Å²) in [4.78, 5) is 35.1. The van der Waals surface area contributed by atoms with Gasteiger partial charge in [0.25, 0.3) is 0 Å². The van der Waals surface area contributed by atoms with Gasteiger partial charge in [-0.1, -0.05) is 35.4 Å². The highest BCUT2D eigenvalue weighted by molar-refractivity contribution is 6.30. The Kier molecular flexibility index (Phi) is 10.1. The lowest BCUT2D eigenvalue weighted by Crippen LogP contribution is -2.37. The number of hydrogen-bond acceptors (Lipinski definition) is 8. The molecule has 0 saturated carbocycles. The van der Waals surface area contributed by atoms with Crippen LogP contribution in [0.5, 0.6) is 0 Å². The Labute approximate surface area is 197 Å². The Balaban J connectivity index is 2.31. The zero-order valence-corrected chi connectivity index (χ0v) is 19.7. The highest BCUT2D eigenvalue weighted by atomic mass is 35.5. The fraction of sp³-hybridized carbons (Fsp3) is 0.609. The molecule has 6 atom stereocenters. The second-order valence-electron chi connectivity index (χ2n) is 8.39. The summed E-state index contributed by atoms with van der Waals surface area (Å²) in [6, 6.07) is 0. The molecular weight excluding hydrogens is 456 g/mol. The first-order valence-corrected chi connectivity index (χ1v) is 11.1. The average Bonchev–Trinajstić information content (AvgIpc) is 3.07. The third-order valence-corrected chi connectivity index (χ3v) is 5.85. The first kappa shape index (κ1) is 27.0. The molecule has 184 valence electrons. The molecule has 0 aliphatic carbocycles. The number of aliphatic carboxylic acids is 1. The van der Waals surface area contributed by atoms with Crippen LogP contribution in [0.1, 0.15) is 52.9 Å². The van der Waals surface area contributed by atoms with Gasteiger partial charge >= 0.3 is 17.9 Å². The van der Waals surface area contributed by atoms with Crippen molar-refractivity contribution in [1.29, 1.82) is 0 Å². The third-order valence-electron chi connectivity index (χ3n) is 5.44. The SMILES string of the molecule is CC(=O)O[C@H]1CC(=O)O[C@H]2C[C@H](C[C@@H](O)/C(Cl)=C/C/C=C\1C)O[C@H]2[C@H](O)/C=C(\C)CC(=O)O. The average molecular weight is 487 g/mol. The van der Waals surface area contributed by atoms with Crippen LogP contribution in [0.25, 0.3) is 0 Å². The van der Waals surface area contributed by atoms with Gasteiger partial charge in [0, 0.05) is 24.8 Å². The maximum absolute atomic E-state index is 12.7. The summed E-state index contributed by atoms with van der Waals surface area (Å²) in [5, 5.41) is 30.3. The predicted molar refractivity (Wildman–Crippen MR) is 118 cm³/mol. The van der Waals surface area contributed by atoms with Gasteiger partial charge in [0.2, 0.25) is 0 Å². The number of rotatable bonds is 5. The molecule has 9 nitrogen and oxygen atoms in total. The van der Waals surface area contributed by atoms with Crippen LogP contribution in [0.15, 0.2) is 34.4 Å². The number of esters is 2. The number of halogens is 1. The minimum atomic E-state index is -1.24. The van der Waals surface area contributed by atoms with Crippen molar-refractivity contribution in [2.45, 2.75) is 89.5 Å². The van der Waals surface area contributed by atoms with Crippen LogP contribution < -0.4 is 0 Å². The lowest BCUT2D eigenvalue weighted by molar-refractivity contribution is -0.159. The summed E-state index contributed by atoms with van der Waals surface area (Å²) < 4.78 is 16.7.